The van der Waals surface area contributed by atoms with E-state index in [1.54, 1.807) is 0 Å². The van der Waals surface area contributed by atoms with Crippen LogP contribution in [0.1, 0.15) is 35.7 Å². The van der Waals surface area contributed by atoms with Gasteiger partial charge in [-0.1, -0.05) is 25.5 Å². The Labute approximate surface area is 115 Å². The number of carbonyl (C=O) groups is 1. The molecule has 0 heterocycles. The van der Waals surface area contributed by atoms with Crippen molar-refractivity contribution in [3.05, 3.63) is 35.4 Å². The van der Waals surface area contributed by atoms with E-state index in [1.807, 2.05) is 6.92 Å². The van der Waals surface area contributed by atoms with Crippen LogP contribution in [0.25, 0.3) is 0 Å². The second kappa shape index (κ2) is 6.27. The molecule has 1 rings (SSSR count). The molecule has 0 saturated heterocycles. The molecule has 112 valence electrons. The molecule has 0 aliphatic carbocycles. The molecule has 0 aliphatic rings. The number of alkyl halides is 2. The molecular formula is C12H15F2NO4S. The molecule has 20 heavy (non-hydrogen) atoms. The first kappa shape index (κ1) is 16.5. The Balaban J connectivity index is 2.87. The molecule has 8 heteroatoms. The van der Waals surface area contributed by atoms with E-state index >= 15 is 0 Å². The highest BCUT2D eigenvalue weighted by Crippen LogP contribution is 2.33. The van der Waals surface area contributed by atoms with Crippen molar-refractivity contribution in [2.75, 3.05) is 6.54 Å². The lowest BCUT2D eigenvalue weighted by Gasteiger charge is -2.13. The second-order valence-corrected chi connectivity index (χ2v) is 5.64. The molecule has 0 spiro atoms. The summed E-state index contributed by atoms with van der Waals surface area (Å²) < 4.78 is 56.2. The smallest absolute Gasteiger partial charge is 0.352 e. The average molecular weight is 307 g/mol. The Bertz CT molecular complexity index is 570. The zero-order chi connectivity index (χ0) is 15.4. The average Bonchev–Trinajstić information content (AvgIpc) is 2.37. The molecule has 0 unspecified atom stereocenters. The SMILES string of the molecule is CCCCNC(=O)c1ccc(C(F)(F)S(=O)(=O)O)cc1. The Kier molecular flexibility index (Phi) is 5.18. The van der Waals surface area contributed by atoms with E-state index in [0.29, 0.717) is 6.54 Å². The van der Waals surface area contributed by atoms with Gasteiger partial charge in [0.2, 0.25) is 0 Å². The van der Waals surface area contributed by atoms with Gasteiger partial charge in [0, 0.05) is 17.7 Å². The highest BCUT2D eigenvalue weighted by Gasteiger charge is 2.45. The van der Waals surface area contributed by atoms with Crippen molar-refractivity contribution in [3.63, 3.8) is 0 Å². The van der Waals surface area contributed by atoms with Crippen LogP contribution in [-0.4, -0.2) is 25.4 Å². The predicted octanol–water partition coefficient (Wildman–Crippen LogP) is 2.15. The number of hydrogen-bond donors (Lipinski definition) is 2. The van der Waals surface area contributed by atoms with Gasteiger partial charge in [0.25, 0.3) is 5.91 Å². The Hall–Kier alpha value is -1.54. The van der Waals surface area contributed by atoms with Crippen LogP contribution < -0.4 is 5.32 Å². The number of carbonyl (C=O) groups excluding carboxylic acids is 1. The number of rotatable bonds is 6. The van der Waals surface area contributed by atoms with E-state index in [0.717, 1.165) is 37.1 Å². The van der Waals surface area contributed by atoms with Crippen LogP contribution in [0.4, 0.5) is 8.78 Å². The molecule has 1 amide bonds. The molecule has 1 aromatic rings. The van der Waals surface area contributed by atoms with Gasteiger partial charge in [-0.25, -0.2) is 0 Å². The number of unbranched alkanes of at least 4 members (excludes halogenated alkanes) is 1. The number of halogens is 2. The third-order valence-corrected chi connectivity index (χ3v) is 3.51. The number of benzene rings is 1. The van der Waals surface area contributed by atoms with Crippen LogP contribution in [0.15, 0.2) is 24.3 Å². The summed E-state index contributed by atoms with van der Waals surface area (Å²) >= 11 is 0. The molecule has 0 bridgehead atoms. The van der Waals surface area contributed by atoms with E-state index in [-0.39, 0.29) is 5.56 Å². The monoisotopic (exact) mass is 307 g/mol. The van der Waals surface area contributed by atoms with E-state index < -0.39 is 26.8 Å². The minimum Gasteiger partial charge on any atom is -0.352 e. The van der Waals surface area contributed by atoms with Gasteiger partial charge in [0.15, 0.2) is 0 Å². The summed E-state index contributed by atoms with van der Waals surface area (Å²) in [4.78, 5) is 11.6. The van der Waals surface area contributed by atoms with Gasteiger partial charge in [0.05, 0.1) is 0 Å². The van der Waals surface area contributed by atoms with Crippen molar-refractivity contribution in [2.24, 2.45) is 0 Å². The summed E-state index contributed by atoms with van der Waals surface area (Å²) in [5.41, 5.74) is -0.763. The molecule has 5 nitrogen and oxygen atoms in total. The molecule has 0 aliphatic heterocycles. The molecule has 1 aromatic carbocycles. The first-order chi connectivity index (χ1) is 9.20. The van der Waals surface area contributed by atoms with Crippen molar-refractivity contribution >= 4 is 16.0 Å². The maximum atomic E-state index is 13.3. The fourth-order valence-electron chi connectivity index (χ4n) is 1.45. The Morgan fingerprint density at radius 2 is 1.85 bits per heavy atom. The third-order valence-electron chi connectivity index (χ3n) is 2.62. The van der Waals surface area contributed by atoms with Crippen LogP contribution in [0.3, 0.4) is 0 Å². The summed E-state index contributed by atoms with van der Waals surface area (Å²) in [6, 6.07) is 3.75. The first-order valence-corrected chi connectivity index (χ1v) is 7.37. The molecular weight excluding hydrogens is 292 g/mol. The Morgan fingerprint density at radius 3 is 2.30 bits per heavy atom. The maximum absolute atomic E-state index is 13.3. The fourth-order valence-corrected chi connectivity index (χ4v) is 1.88. The molecule has 0 aromatic heterocycles. The van der Waals surface area contributed by atoms with Crippen molar-refractivity contribution < 1.29 is 26.5 Å². The zero-order valence-corrected chi connectivity index (χ0v) is 11.6. The molecule has 2 N–H and O–H groups in total. The van der Waals surface area contributed by atoms with Crippen LogP contribution in [0.2, 0.25) is 0 Å². The molecule has 0 atom stereocenters. The zero-order valence-electron chi connectivity index (χ0n) is 10.8. The third kappa shape index (κ3) is 3.73. The molecule has 0 radical (unpaired) electrons. The Morgan fingerprint density at radius 1 is 1.30 bits per heavy atom. The standard InChI is InChI=1S/C12H15F2NO4S/c1-2-3-8-15-11(16)9-4-6-10(7-5-9)12(13,14)20(17,18)19/h4-7H,2-3,8H2,1H3,(H,15,16)(H,17,18,19). The van der Waals surface area contributed by atoms with Gasteiger partial charge in [-0.3, -0.25) is 9.35 Å². The second-order valence-electron chi connectivity index (χ2n) is 4.18. The topological polar surface area (TPSA) is 83.5 Å². The minimum absolute atomic E-state index is 0.135. The first-order valence-electron chi connectivity index (χ1n) is 5.93. The lowest BCUT2D eigenvalue weighted by Crippen LogP contribution is -2.26. The highest BCUT2D eigenvalue weighted by molar-refractivity contribution is 7.86. The molecule has 0 saturated carbocycles. The predicted molar refractivity (Wildman–Crippen MR) is 69.1 cm³/mol. The van der Waals surface area contributed by atoms with Gasteiger partial charge in [-0.05, 0) is 18.6 Å². The van der Waals surface area contributed by atoms with Gasteiger partial charge in [-0.2, -0.15) is 17.2 Å². The van der Waals surface area contributed by atoms with Crippen LogP contribution in [-0.2, 0) is 15.4 Å². The van der Waals surface area contributed by atoms with Gasteiger partial charge in [-0.15, -0.1) is 0 Å². The number of hydrogen-bond acceptors (Lipinski definition) is 3. The largest absolute Gasteiger partial charge is 0.395 e. The van der Waals surface area contributed by atoms with Crippen molar-refractivity contribution in [1.82, 2.24) is 5.32 Å². The summed E-state index contributed by atoms with van der Waals surface area (Å²) in [6.45, 7) is 2.43. The van der Waals surface area contributed by atoms with Crippen molar-refractivity contribution in [3.8, 4) is 0 Å². The van der Waals surface area contributed by atoms with Gasteiger partial charge < -0.3 is 5.32 Å². The van der Waals surface area contributed by atoms with Crippen LogP contribution in [0, 0.1) is 0 Å². The van der Waals surface area contributed by atoms with Crippen molar-refractivity contribution in [2.45, 2.75) is 25.0 Å². The lowest BCUT2D eigenvalue weighted by molar-refractivity contribution is 0.0789. The minimum atomic E-state index is -5.54. The summed E-state index contributed by atoms with van der Waals surface area (Å²) in [6.07, 6.45) is 1.70. The van der Waals surface area contributed by atoms with Gasteiger partial charge in [0.1, 0.15) is 0 Å². The lowest BCUT2D eigenvalue weighted by atomic mass is 10.1. The van der Waals surface area contributed by atoms with Gasteiger partial charge >= 0.3 is 15.4 Å². The van der Waals surface area contributed by atoms with Crippen LogP contribution >= 0.6 is 0 Å². The molecule has 0 fully saturated rings. The van der Waals surface area contributed by atoms with Crippen molar-refractivity contribution in [1.29, 1.82) is 0 Å². The summed E-state index contributed by atoms with van der Waals surface area (Å²) in [5.74, 6) is -0.430. The van der Waals surface area contributed by atoms with E-state index in [4.69, 9.17) is 4.55 Å². The van der Waals surface area contributed by atoms with E-state index in [1.165, 1.54) is 0 Å². The maximum Gasteiger partial charge on any atom is 0.395 e. The summed E-state index contributed by atoms with van der Waals surface area (Å²) in [5, 5.41) is -1.80. The van der Waals surface area contributed by atoms with E-state index in [2.05, 4.69) is 5.32 Å². The number of amides is 1. The van der Waals surface area contributed by atoms with Crippen LogP contribution in [0.5, 0.6) is 0 Å². The van der Waals surface area contributed by atoms with E-state index in [9.17, 15) is 22.0 Å². The normalized spacial score (nSPS) is 12.2. The quantitative estimate of drug-likeness (QED) is 0.623. The summed E-state index contributed by atoms with van der Waals surface area (Å²) in [7, 11) is -5.54. The highest BCUT2D eigenvalue weighted by atomic mass is 32.2. The number of nitrogens with one attached hydrogen (secondary N) is 1. The fraction of sp³-hybridized carbons (Fsp3) is 0.417.